The lowest BCUT2D eigenvalue weighted by Crippen LogP contribution is -2.71. The number of nitrogens with one attached hydrogen (secondary N) is 2. The van der Waals surface area contributed by atoms with Crippen LogP contribution in [0.4, 0.5) is 17.6 Å². The molecule has 4 atom stereocenters. The predicted molar refractivity (Wildman–Crippen MR) is 101 cm³/mol. The molecule has 2 rings (SSSR count). The Kier molecular flexibility index (Phi) is 6.40. The normalized spacial score (nSPS) is 31.8. The van der Waals surface area contributed by atoms with Crippen molar-refractivity contribution in [1.82, 2.24) is 14.3 Å². The minimum atomic E-state index is -5.58. The van der Waals surface area contributed by atoms with Gasteiger partial charge >= 0.3 is 16.4 Å². The summed E-state index contributed by atoms with van der Waals surface area (Å²) in [6.45, 7) is 3.54. The van der Waals surface area contributed by atoms with Crippen LogP contribution in [0.2, 0.25) is 0 Å². The lowest BCUT2D eigenvalue weighted by molar-refractivity contribution is -0.252. The number of nitrogens with zero attached hydrogens (tertiary/aromatic N) is 2. The number of rotatable bonds is 5. The summed E-state index contributed by atoms with van der Waals surface area (Å²) in [4.78, 5) is 42.8. The summed E-state index contributed by atoms with van der Waals surface area (Å²) in [5.41, 5.74) is -7.25. The summed E-state index contributed by atoms with van der Waals surface area (Å²) in [5, 5.41) is 2.40. The van der Waals surface area contributed by atoms with Crippen molar-refractivity contribution < 1.29 is 40.4 Å². The van der Waals surface area contributed by atoms with Crippen molar-refractivity contribution in [3.8, 4) is 0 Å². The van der Waals surface area contributed by atoms with Gasteiger partial charge in [-0.25, -0.2) is 9.11 Å². The van der Waals surface area contributed by atoms with Crippen molar-refractivity contribution in [1.29, 1.82) is 0 Å². The van der Waals surface area contributed by atoms with Gasteiger partial charge in [-0.15, -0.1) is 0 Å². The quantitative estimate of drug-likeness (QED) is 0.449. The van der Waals surface area contributed by atoms with Crippen LogP contribution in [0.15, 0.2) is 17.3 Å². The molecule has 1 amide bonds. The molecular weight excluding hydrogens is 448 g/mol. The first-order valence-electron chi connectivity index (χ1n) is 9.11. The second-order valence-electron chi connectivity index (χ2n) is 7.63. The molecule has 1 fully saturated rings. The summed E-state index contributed by atoms with van der Waals surface area (Å²) in [5.74, 6) is -7.66. The highest BCUT2D eigenvalue weighted by Crippen LogP contribution is 2.51. The lowest BCUT2D eigenvalue weighted by Gasteiger charge is -2.45. The van der Waals surface area contributed by atoms with E-state index in [2.05, 4.69) is 10.3 Å². The number of ketones is 2. The molecule has 0 bridgehead atoms. The zero-order valence-electron chi connectivity index (χ0n) is 17.0. The fourth-order valence-corrected chi connectivity index (χ4v) is 4.46. The molecule has 1 saturated carbocycles. The van der Waals surface area contributed by atoms with Gasteiger partial charge in [0.2, 0.25) is 11.1 Å². The number of carbonyl (C=O) groups is 3. The van der Waals surface area contributed by atoms with Gasteiger partial charge < -0.3 is 5.32 Å². The molecule has 2 N–H and O–H groups in total. The summed E-state index contributed by atoms with van der Waals surface area (Å²) in [6.07, 6.45) is -5.66. The van der Waals surface area contributed by atoms with Gasteiger partial charge in [0.15, 0.2) is 11.6 Å². The topological polar surface area (TPSA) is 125 Å². The summed E-state index contributed by atoms with van der Waals surface area (Å²) < 4.78 is 82.1. The number of allylic oxidation sites excluding steroid dienone is 1. The van der Waals surface area contributed by atoms with Crippen molar-refractivity contribution in [3.63, 3.8) is 0 Å². The Balaban J connectivity index is 2.63. The molecule has 174 valence electrons. The molecule has 2 aliphatic rings. The molecule has 0 saturated heterocycles. The molecule has 0 aromatic rings. The van der Waals surface area contributed by atoms with Gasteiger partial charge in [-0.05, 0) is 26.1 Å². The predicted octanol–water partition coefficient (Wildman–Crippen LogP) is 0.636. The Morgan fingerprint density at radius 3 is 2.39 bits per heavy atom. The Hall–Kier alpha value is -2.35. The van der Waals surface area contributed by atoms with E-state index < -0.39 is 69.5 Å². The number of amides is 1. The maximum Gasteiger partial charge on any atom is 0.423 e. The Morgan fingerprint density at radius 2 is 1.94 bits per heavy atom. The first-order valence-corrected chi connectivity index (χ1v) is 10.5. The minimum Gasteiger partial charge on any atom is -0.368 e. The smallest absolute Gasteiger partial charge is 0.368 e. The van der Waals surface area contributed by atoms with Crippen molar-refractivity contribution in [2.75, 3.05) is 7.05 Å². The molecule has 1 aliphatic heterocycles. The minimum absolute atomic E-state index is 0.599. The Labute approximate surface area is 176 Å². The zero-order valence-corrected chi connectivity index (χ0v) is 17.8. The largest absolute Gasteiger partial charge is 0.423 e. The monoisotopic (exact) mass is 470 g/mol. The zero-order chi connectivity index (χ0) is 24.0. The van der Waals surface area contributed by atoms with Crippen LogP contribution in [0.25, 0.3) is 0 Å². The summed E-state index contributed by atoms with van der Waals surface area (Å²) in [7, 11) is -3.48. The third kappa shape index (κ3) is 3.86. The number of Topliss-reactive ketones (excluding diaryl/α,β-unsaturated/α-hetero) is 2. The van der Waals surface area contributed by atoms with Crippen LogP contribution in [-0.4, -0.2) is 67.5 Å². The van der Waals surface area contributed by atoms with Gasteiger partial charge in [-0.1, -0.05) is 6.92 Å². The first-order chi connectivity index (χ1) is 14.0. The maximum absolute atomic E-state index is 14.8. The highest BCUT2D eigenvalue weighted by molar-refractivity contribution is 7.87. The van der Waals surface area contributed by atoms with Crippen LogP contribution < -0.4 is 10.0 Å². The van der Waals surface area contributed by atoms with E-state index in [0.29, 0.717) is 11.2 Å². The molecule has 0 aromatic heterocycles. The van der Waals surface area contributed by atoms with Crippen LogP contribution in [-0.2, 0) is 24.6 Å². The van der Waals surface area contributed by atoms with E-state index in [1.165, 1.54) is 19.9 Å². The van der Waals surface area contributed by atoms with Crippen molar-refractivity contribution in [2.45, 2.75) is 51.2 Å². The highest BCUT2D eigenvalue weighted by atomic mass is 32.2. The fraction of sp³-hybridized carbons (Fsp3) is 0.647. The van der Waals surface area contributed by atoms with Gasteiger partial charge in [-0.3, -0.25) is 19.4 Å². The number of halogens is 4. The SMILES string of the molecule is CC(C)N(C)S(=O)(=O)NC(=O)C1(C2N=CC=CN2)C(=O)CC(F)(C(F)(F)F)C(C)C1=O. The first kappa shape index (κ1) is 24.9. The van der Waals surface area contributed by atoms with Crippen LogP contribution in [0.1, 0.15) is 27.2 Å². The molecule has 1 aliphatic carbocycles. The van der Waals surface area contributed by atoms with E-state index >= 15 is 0 Å². The average Bonchev–Trinajstić information content (AvgIpc) is 2.65. The summed E-state index contributed by atoms with van der Waals surface area (Å²) in [6, 6.07) is -0.643. The van der Waals surface area contributed by atoms with E-state index in [4.69, 9.17) is 0 Å². The highest BCUT2D eigenvalue weighted by Gasteiger charge is 2.73. The number of alkyl halides is 4. The molecule has 1 heterocycles. The lowest BCUT2D eigenvalue weighted by atomic mass is 9.60. The molecule has 9 nitrogen and oxygen atoms in total. The third-order valence-electron chi connectivity index (χ3n) is 5.57. The van der Waals surface area contributed by atoms with Crippen LogP contribution in [0.3, 0.4) is 0 Å². The fourth-order valence-electron chi connectivity index (χ4n) is 3.36. The molecule has 14 heteroatoms. The van der Waals surface area contributed by atoms with E-state index in [1.54, 1.807) is 4.72 Å². The number of hydrogen-bond donors (Lipinski definition) is 2. The van der Waals surface area contributed by atoms with Gasteiger partial charge in [0.25, 0.3) is 5.91 Å². The molecule has 0 spiro atoms. The van der Waals surface area contributed by atoms with E-state index in [0.717, 1.165) is 19.5 Å². The standard InChI is InChI=1S/C17H22F4N4O5S/c1-9(2)25(4)31(29,30)24-14(28)16(13-22-6-5-7-23-13)11(26)8-15(18,17(19,20)21)10(3)12(16)27/h5-7,9-10,13,22H,8H2,1-4H3,(H,24,28). The van der Waals surface area contributed by atoms with Crippen molar-refractivity contribution in [2.24, 2.45) is 16.3 Å². The third-order valence-corrected chi connectivity index (χ3v) is 7.19. The Morgan fingerprint density at radius 1 is 1.35 bits per heavy atom. The summed E-state index contributed by atoms with van der Waals surface area (Å²) >= 11 is 0. The van der Waals surface area contributed by atoms with E-state index in [-0.39, 0.29) is 0 Å². The molecular formula is C17H22F4N4O5S. The van der Waals surface area contributed by atoms with Gasteiger partial charge in [0, 0.05) is 19.3 Å². The van der Waals surface area contributed by atoms with Crippen LogP contribution in [0, 0.1) is 11.3 Å². The Bertz CT molecular complexity index is 949. The number of hydrogen-bond acceptors (Lipinski definition) is 7. The number of aliphatic imine (C=N–C) groups is 1. The van der Waals surface area contributed by atoms with Crippen molar-refractivity contribution >= 4 is 33.9 Å². The van der Waals surface area contributed by atoms with Crippen molar-refractivity contribution in [3.05, 3.63) is 12.3 Å². The maximum atomic E-state index is 14.8. The second kappa shape index (κ2) is 7.97. The van der Waals surface area contributed by atoms with E-state index in [9.17, 15) is 40.4 Å². The van der Waals surface area contributed by atoms with Gasteiger partial charge in [0.1, 0.15) is 6.17 Å². The molecule has 31 heavy (non-hydrogen) atoms. The molecule has 0 radical (unpaired) electrons. The molecule has 0 aromatic carbocycles. The van der Waals surface area contributed by atoms with Gasteiger partial charge in [-0.2, -0.15) is 25.9 Å². The number of carbonyl (C=O) groups excluding carboxylic acids is 3. The van der Waals surface area contributed by atoms with E-state index in [1.807, 2.05) is 0 Å². The van der Waals surface area contributed by atoms with Crippen LogP contribution >= 0.6 is 0 Å². The van der Waals surface area contributed by atoms with Crippen LogP contribution in [0.5, 0.6) is 0 Å². The second-order valence-corrected chi connectivity index (χ2v) is 9.36. The average molecular weight is 470 g/mol. The van der Waals surface area contributed by atoms with Gasteiger partial charge in [0.05, 0.1) is 12.3 Å². The molecule has 4 unspecified atom stereocenters.